The molecule has 5 heteroatoms. The number of pyridine rings is 1. The molecule has 1 N–H and O–H groups in total. The summed E-state index contributed by atoms with van der Waals surface area (Å²) in [5.41, 5.74) is -0.659. The van der Waals surface area contributed by atoms with Crippen LogP contribution in [0.5, 0.6) is 0 Å². The molecule has 1 aliphatic carbocycles. The number of aromatic nitrogens is 1. The minimum Gasteiger partial charge on any atom is -0.368 e. The lowest BCUT2D eigenvalue weighted by Gasteiger charge is -2.15. The lowest BCUT2D eigenvalue weighted by atomic mass is 10.1. The first kappa shape index (κ1) is 12.2. The molecular formula is C12H15F3N2. The molecule has 1 saturated carbocycles. The fourth-order valence-corrected chi connectivity index (χ4v) is 1.85. The van der Waals surface area contributed by atoms with E-state index in [0.717, 1.165) is 24.5 Å². The van der Waals surface area contributed by atoms with Gasteiger partial charge in [-0.15, -0.1) is 0 Å². The van der Waals surface area contributed by atoms with Crippen LogP contribution in [0.1, 0.15) is 31.7 Å². The first-order chi connectivity index (χ1) is 7.95. The summed E-state index contributed by atoms with van der Waals surface area (Å²) >= 11 is 0. The Kier molecular flexibility index (Phi) is 3.26. The number of anilines is 1. The molecule has 0 aliphatic heterocycles. The Labute approximate surface area is 98.2 Å². The molecule has 1 aliphatic rings. The van der Waals surface area contributed by atoms with Crippen molar-refractivity contribution in [3.8, 4) is 0 Å². The van der Waals surface area contributed by atoms with Gasteiger partial charge in [0.1, 0.15) is 5.82 Å². The number of hydrogen-bond acceptors (Lipinski definition) is 2. The Morgan fingerprint density at radius 3 is 2.76 bits per heavy atom. The maximum atomic E-state index is 12.5. The summed E-state index contributed by atoms with van der Waals surface area (Å²) in [6, 6.07) is 2.21. The van der Waals surface area contributed by atoms with Crippen LogP contribution >= 0.6 is 0 Å². The van der Waals surface area contributed by atoms with Gasteiger partial charge in [0.25, 0.3) is 0 Å². The van der Waals surface area contributed by atoms with E-state index in [-0.39, 0.29) is 6.04 Å². The van der Waals surface area contributed by atoms with Gasteiger partial charge in [-0.2, -0.15) is 13.2 Å². The van der Waals surface area contributed by atoms with Crippen molar-refractivity contribution < 1.29 is 13.2 Å². The van der Waals surface area contributed by atoms with E-state index in [0.29, 0.717) is 5.82 Å². The molecule has 1 unspecified atom stereocenters. The van der Waals surface area contributed by atoms with E-state index in [1.807, 2.05) is 6.92 Å². The molecule has 94 valence electrons. The first-order valence-electron chi connectivity index (χ1n) is 5.75. The van der Waals surface area contributed by atoms with Crippen molar-refractivity contribution >= 4 is 5.82 Å². The van der Waals surface area contributed by atoms with E-state index in [4.69, 9.17) is 0 Å². The highest BCUT2D eigenvalue weighted by Gasteiger charge is 2.31. The number of halogens is 3. The fraction of sp³-hybridized carbons (Fsp3) is 0.583. The van der Waals surface area contributed by atoms with Gasteiger partial charge in [0, 0.05) is 12.2 Å². The van der Waals surface area contributed by atoms with Gasteiger partial charge in [0.15, 0.2) is 0 Å². The SMILES string of the molecule is CC(CC1CC1)Nc1cc(C(F)(F)F)ccn1. The van der Waals surface area contributed by atoms with Crippen molar-refractivity contribution in [1.82, 2.24) is 4.98 Å². The third-order valence-corrected chi connectivity index (χ3v) is 2.87. The molecule has 1 fully saturated rings. The Morgan fingerprint density at radius 2 is 2.18 bits per heavy atom. The van der Waals surface area contributed by atoms with Crippen LogP contribution in [-0.2, 0) is 6.18 Å². The van der Waals surface area contributed by atoms with Crippen LogP contribution < -0.4 is 5.32 Å². The highest BCUT2D eigenvalue weighted by molar-refractivity contribution is 5.39. The van der Waals surface area contributed by atoms with Gasteiger partial charge in [0.05, 0.1) is 5.56 Å². The molecule has 0 bridgehead atoms. The maximum absolute atomic E-state index is 12.5. The van der Waals surface area contributed by atoms with Crippen molar-refractivity contribution in [2.45, 2.75) is 38.4 Å². The van der Waals surface area contributed by atoms with Gasteiger partial charge in [-0.25, -0.2) is 4.98 Å². The summed E-state index contributed by atoms with van der Waals surface area (Å²) in [4.78, 5) is 3.91. The average molecular weight is 244 g/mol. The molecule has 1 heterocycles. The molecule has 1 atom stereocenters. The van der Waals surface area contributed by atoms with Gasteiger partial charge < -0.3 is 5.32 Å². The normalized spacial score (nSPS) is 17.9. The van der Waals surface area contributed by atoms with Crippen molar-refractivity contribution in [1.29, 1.82) is 0 Å². The summed E-state index contributed by atoms with van der Waals surface area (Å²) in [5, 5.41) is 3.01. The van der Waals surface area contributed by atoms with Crippen LogP contribution in [0.2, 0.25) is 0 Å². The minimum atomic E-state index is -4.31. The van der Waals surface area contributed by atoms with Gasteiger partial charge in [-0.1, -0.05) is 12.8 Å². The number of rotatable bonds is 4. The minimum absolute atomic E-state index is 0.165. The number of nitrogens with zero attached hydrogens (tertiary/aromatic N) is 1. The van der Waals surface area contributed by atoms with Crippen LogP contribution in [0.15, 0.2) is 18.3 Å². The van der Waals surface area contributed by atoms with Gasteiger partial charge in [-0.05, 0) is 31.4 Å². The van der Waals surface area contributed by atoms with Gasteiger partial charge in [-0.3, -0.25) is 0 Å². The molecule has 1 aromatic heterocycles. The van der Waals surface area contributed by atoms with Crippen LogP contribution in [-0.4, -0.2) is 11.0 Å². The number of nitrogens with one attached hydrogen (secondary N) is 1. The molecular weight excluding hydrogens is 229 g/mol. The molecule has 0 amide bonds. The topological polar surface area (TPSA) is 24.9 Å². The zero-order valence-electron chi connectivity index (χ0n) is 9.59. The van der Waals surface area contributed by atoms with Crippen molar-refractivity contribution in [3.63, 3.8) is 0 Å². The predicted octanol–water partition coefficient (Wildman–Crippen LogP) is 3.70. The van der Waals surface area contributed by atoms with E-state index in [1.165, 1.54) is 19.0 Å². The first-order valence-corrected chi connectivity index (χ1v) is 5.75. The fourth-order valence-electron chi connectivity index (χ4n) is 1.85. The van der Waals surface area contributed by atoms with E-state index >= 15 is 0 Å². The highest BCUT2D eigenvalue weighted by atomic mass is 19.4. The molecule has 0 radical (unpaired) electrons. The molecule has 2 nitrogen and oxygen atoms in total. The van der Waals surface area contributed by atoms with E-state index in [2.05, 4.69) is 10.3 Å². The van der Waals surface area contributed by atoms with Crippen LogP contribution in [0.4, 0.5) is 19.0 Å². The molecule has 2 rings (SSSR count). The van der Waals surface area contributed by atoms with Crippen LogP contribution in [0, 0.1) is 5.92 Å². The molecule has 1 aromatic rings. The van der Waals surface area contributed by atoms with E-state index in [9.17, 15) is 13.2 Å². The highest BCUT2D eigenvalue weighted by Crippen LogP contribution is 2.34. The van der Waals surface area contributed by atoms with Crippen LogP contribution in [0.25, 0.3) is 0 Å². The molecule has 17 heavy (non-hydrogen) atoms. The quantitative estimate of drug-likeness (QED) is 0.873. The average Bonchev–Trinajstić information content (AvgIpc) is 3.00. The van der Waals surface area contributed by atoms with Gasteiger partial charge in [0.2, 0.25) is 0 Å². The smallest absolute Gasteiger partial charge is 0.368 e. The monoisotopic (exact) mass is 244 g/mol. The van der Waals surface area contributed by atoms with Crippen molar-refractivity contribution in [3.05, 3.63) is 23.9 Å². The van der Waals surface area contributed by atoms with Gasteiger partial charge >= 0.3 is 6.18 Å². The van der Waals surface area contributed by atoms with E-state index < -0.39 is 11.7 Å². The number of hydrogen-bond donors (Lipinski definition) is 1. The summed E-state index contributed by atoms with van der Waals surface area (Å²) in [7, 11) is 0. The second kappa shape index (κ2) is 4.55. The zero-order valence-corrected chi connectivity index (χ0v) is 9.59. The summed E-state index contributed by atoms with van der Waals surface area (Å²) in [5.74, 6) is 1.04. The maximum Gasteiger partial charge on any atom is 0.416 e. The van der Waals surface area contributed by atoms with Crippen molar-refractivity contribution in [2.75, 3.05) is 5.32 Å². The Morgan fingerprint density at radius 1 is 1.47 bits per heavy atom. The van der Waals surface area contributed by atoms with E-state index in [1.54, 1.807) is 0 Å². The van der Waals surface area contributed by atoms with Crippen molar-refractivity contribution in [2.24, 2.45) is 5.92 Å². The summed E-state index contributed by atoms with van der Waals surface area (Å²) in [6.45, 7) is 1.97. The number of alkyl halides is 3. The lowest BCUT2D eigenvalue weighted by molar-refractivity contribution is -0.137. The lowest BCUT2D eigenvalue weighted by Crippen LogP contribution is -2.17. The third-order valence-electron chi connectivity index (χ3n) is 2.87. The largest absolute Gasteiger partial charge is 0.416 e. The Bertz CT molecular complexity index is 386. The Hall–Kier alpha value is -1.26. The second-order valence-electron chi connectivity index (χ2n) is 4.65. The predicted molar refractivity (Wildman–Crippen MR) is 59.7 cm³/mol. The van der Waals surface area contributed by atoms with Crippen LogP contribution in [0.3, 0.4) is 0 Å². The standard InChI is InChI=1S/C12H15F3N2/c1-8(6-9-2-3-9)17-11-7-10(4-5-16-11)12(13,14)15/h4-5,7-9H,2-3,6H2,1H3,(H,16,17). The summed E-state index contributed by atoms with van der Waals surface area (Å²) in [6.07, 6.45) is 0.357. The summed E-state index contributed by atoms with van der Waals surface area (Å²) < 4.78 is 37.4. The molecule has 0 spiro atoms. The third kappa shape index (κ3) is 3.61. The molecule has 0 saturated heterocycles. The zero-order chi connectivity index (χ0) is 12.5. The second-order valence-corrected chi connectivity index (χ2v) is 4.65. The Balaban J connectivity index is 2.00. The molecule has 0 aromatic carbocycles.